The Morgan fingerprint density at radius 2 is 1.91 bits per heavy atom. The van der Waals surface area contributed by atoms with Crippen LogP contribution in [0.25, 0.3) is 0 Å². The molecule has 1 heterocycles. The van der Waals surface area contributed by atoms with Crippen LogP contribution in [-0.4, -0.2) is 19.8 Å². The molecule has 0 aromatic carbocycles. The highest BCUT2D eigenvalue weighted by Gasteiger charge is 2.08. The third kappa shape index (κ3) is 1.38. The van der Waals surface area contributed by atoms with Crippen molar-refractivity contribution in [1.29, 1.82) is 0 Å². The maximum absolute atomic E-state index is 4.46. The van der Waals surface area contributed by atoms with Gasteiger partial charge in [0, 0.05) is 11.7 Å². The second-order valence-corrected chi connectivity index (χ2v) is 4.19. The van der Waals surface area contributed by atoms with E-state index in [1.165, 1.54) is 16.8 Å². The second-order valence-electron chi connectivity index (χ2n) is 3.29. The normalized spacial score (nSPS) is 11.4. The molecule has 0 aliphatic carbocycles. The van der Waals surface area contributed by atoms with Gasteiger partial charge in [-0.1, -0.05) is 0 Å². The Balaban J connectivity index is 3.22. The molecule has 1 aromatic rings. The van der Waals surface area contributed by atoms with E-state index in [2.05, 4.69) is 37.2 Å². The van der Waals surface area contributed by atoms with Crippen LogP contribution < -0.4 is 5.45 Å². The zero-order chi connectivity index (χ0) is 8.59. The Morgan fingerprint density at radius 1 is 1.36 bits per heavy atom. The fourth-order valence-corrected chi connectivity index (χ4v) is 2.74. The van der Waals surface area contributed by atoms with E-state index in [1.807, 2.05) is 0 Å². The molecule has 11 heavy (non-hydrogen) atoms. The Morgan fingerprint density at radius 3 is 2.09 bits per heavy atom. The van der Waals surface area contributed by atoms with E-state index in [4.69, 9.17) is 0 Å². The van der Waals surface area contributed by atoms with Gasteiger partial charge in [0.1, 0.15) is 0 Å². The molecule has 62 valence electrons. The molecule has 0 N–H and O–H groups in total. The van der Waals surface area contributed by atoms with Crippen LogP contribution in [0.15, 0.2) is 0 Å². The van der Waals surface area contributed by atoms with Crippen LogP contribution in [0.4, 0.5) is 0 Å². The number of hydrogen-bond donors (Lipinski definition) is 0. The van der Waals surface area contributed by atoms with Gasteiger partial charge in [-0.2, -0.15) is 0 Å². The van der Waals surface area contributed by atoms with Crippen LogP contribution in [0.1, 0.15) is 31.3 Å². The summed E-state index contributed by atoms with van der Waals surface area (Å²) in [5, 5.41) is 0. The lowest BCUT2D eigenvalue weighted by Crippen LogP contribution is -2.21. The molecule has 0 bridgehead atoms. The van der Waals surface area contributed by atoms with Crippen molar-refractivity contribution in [2.75, 3.05) is 0 Å². The molecule has 0 atom stereocenters. The lowest BCUT2D eigenvalue weighted by atomic mass is 10.3. The highest BCUT2D eigenvalue weighted by molar-refractivity contribution is 6.29. The first kappa shape index (κ1) is 8.52. The van der Waals surface area contributed by atoms with Gasteiger partial charge in [-0.3, -0.25) is 0 Å². The summed E-state index contributed by atoms with van der Waals surface area (Å²) in [7, 11) is 1.04. The molecule has 0 saturated carbocycles. The minimum Gasteiger partial charge on any atom is -0.334 e. The van der Waals surface area contributed by atoms with Crippen molar-refractivity contribution in [3.05, 3.63) is 11.4 Å². The van der Waals surface area contributed by atoms with Crippen LogP contribution in [0.5, 0.6) is 0 Å². The average Bonchev–Trinajstić information content (AvgIpc) is 2.07. The molecule has 2 nitrogen and oxygen atoms in total. The number of aromatic nitrogens is 2. The van der Waals surface area contributed by atoms with Gasteiger partial charge in [0.25, 0.3) is 0 Å². The third-order valence-electron chi connectivity index (χ3n) is 2.08. The van der Waals surface area contributed by atoms with Crippen LogP contribution >= 0.6 is 0 Å². The first-order valence-corrected chi connectivity index (χ1v) is 5.06. The summed E-state index contributed by atoms with van der Waals surface area (Å²) in [6.45, 7) is 8.63. The first-order valence-electron chi connectivity index (χ1n) is 4.06. The van der Waals surface area contributed by atoms with Crippen molar-refractivity contribution in [2.45, 2.75) is 33.7 Å². The van der Waals surface area contributed by atoms with Crippen molar-refractivity contribution in [3.8, 4) is 0 Å². The van der Waals surface area contributed by atoms with Crippen molar-refractivity contribution >= 4 is 15.7 Å². The summed E-state index contributed by atoms with van der Waals surface area (Å²) in [5.74, 6) is 0. The summed E-state index contributed by atoms with van der Waals surface area (Å²) >= 11 is 0. The van der Waals surface area contributed by atoms with Gasteiger partial charge in [0.15, 0.2) is 0 Å². The largest absolute Gasteiger partial charge is 0.334 e. The number of aryl methyl sites for hydroxylation is 1. The quantitative estimate of drug-likeness (QED) is 0.543. The van der Waals surface area contributed by atoms with Gasteiger partial charge < -0.3 is 4.57 Å². The second kappa shape index (κ2) is 2.81. The molecule has 3 heteroatoms. The Hall–Kier alpha value is -0.573. The summed E-state index contributed by atoms with van der Waals surface area (Å²) in [4.78, 5) is 4.46. The van der Waals surface area contributed by atoms with Gasteiger partial charge in [-0.15, -0.1) is 0 Å². The predicted molar refractivity (Wildman–Crippen MR) is 51.7 cm³/mol. The van der Waals surface area contributed by atoms with Crippen molar-refractivity contribution in [2.24, 2.45) is 0 Å². The summed E-state index contributed by atoms with van der Waals surface area (Å²) in [6, 6.07) is 0.559. The number of imidazole rings is 1. The molecule has 0 radical (unpaired) electrons. The predicted octanol–water partition coefficient (Wildman–Crippen LogP) is 0.0715. The highest BCUT2D eigenvalue weighted by atomic mass is 28.1. The molecule has 0 aliphatic heterocycles. The van der Waals surface area contributed by atoms with E-state index in [9.17, 15) is 0 Å². The lowest BCUT2D eigenvalue weighted by molar-refractivity contribution is 0.600. The first-order chi connectivity index (χ1) is 5.04. The van der Waals surface area contributed by atoms with E-state index in [0.717, 1.165) is 10.2 Å². The molecule has 0 amide bonds. The monoisotopic (exact) mass is 168 g/mol. The molecule has 0 spiro atoms. The smallest absolute Gasteiger partial charge is 0.0842 e. The number of rotatable bonds is 1. The lowest BCUT2D eigenvalue weighted by Gasteiger charge is -2.11. The zero-order valence-electron chi connectivity index (χ0n) is 7.97. The fourth-order valence-electron chi connectivity index (χ4n) is 1.56. The molecule has 1 aromatic heterocycles. The van der Waals surface area contributed by atoms with Crippen molar-refractivity contribution < 1.29 is 0 Å². The topological polar surface area (TPSA) is 17.8 Å². The maximum atomic E-state index is 4.46. The third-order valence-corrected chi connectivity index (χ3v) is 2.78. The van der Waals surface area contributed by atoms with Crippen molar-refractivity contribution in [3.63, 3.8) is 0 Å². The molecule has 0 unspecified atom stereocenters. The molecule has 0 fully saturated rings. The summed E-state index contributed by atoms with van der Waals surface area (Å²) < 4.78 is 2.32. The standard InChI is InChI=1S/C8H16N2Si/c1-5(2)10-7(4)6(3)9-8(10)11/h5H,1-4,11H3. The molecular weight excluding hydrogens is 152 g/mol. The van der Waals surface area contributed by atoms with Gasteiger partial charge >= 0.3 is 0 Å². The Kier molecular flexibility index (Phi) is 2.18. The van der Waals surface area contributed by atoms with E-state index < -0.39 is 0 Å². The molecule has 0 aliphatic rings. The number of hydrogen-bond acceptors (Lipinski definition) is 1. The highest BCUT2D eigenvalue weighted by Crippen LogP contribution is 2.08. The number of nitrogens with zero attached hydrogens (tertiary/aromatic N) is 2. The van der Waals surface area contributed by atoms with E-state index in [1.54, 1.807) is 0 Å². The van der Waals surface area contributed by atoms with E-state index in [0.29, 0.717) is 6.04 Å². The van der Waals surface area contributed by atoms with E-state index >= 15 is 0 Å². The van der Waals surface area contributed by atoms with E-state index in [-0.39, 0.29) is 0 Å². The van der Waals surface area contributed by atoms with Gasteiger partial charge in [0.2, 0.25) is 0 Å². The van der Waals surface area contributed by atoms with Crippen LogP contribution in [-0.2, 0) is 0 Å². The van der Waals surface area contributed by atoms with Gasteiger partial charge in [-0.25, -0.2) is 4.98 Å². The van der Waals surface area contributed by atoms with Crippen LogP contribution in [0.3, 0.4) is 0 Å². The SMILES string of the molecule is Cc1nc([SiH3])n(C(C)C)c1C. The maximum Gasteiger partial charge on any atom is 0.0842 e. The zero-order valence-corrected chi connectivity index (χ0v) is 9.97. The minimum absolute atomic E-state index is 0.559. The van der Waals surface area contributed by atoms with Crippen LogP contribution in [0.2, 0.25) is 0 Å². The van der Waals surface area contributed by atoms with Crippen molar-refractivity contribution in [1.82, 2.24) is 9.55 Å². The Bertz CT molecular complexity index is 263. The van der Waals surface area contributed by atoms with Gasteiger partial charge in [-0.05, 0) is 27.7 Å². The Labute approximate surface area is 71.1 Å². The molecule has 0 saturated heterocycles. The average molecular weight is 168 g/mol. The molecular formula is C8H16N2Si. The molecule has 1 rings (SSSR count). The summed E-state index contributed by atoms with van der Waals surface area (Å²) in [6.07, 6.45) is 0. The van der Waals surface area contributed by atoms with Gasteiger partial charge in [0.05, 0.1) is 21.4 Å². The fraction of sp³-hybridized carbons (Fsp3) is 0.625. The summed E-state index contributed by atoms with van der Waals surface area (Å²) in [5.41, 5.74) is 3.77. The minimum atomic E-state index is 0.559. The van der Waals surface area contributed by atoms with Crippen LogP contribution in [0, 0.1) is 13.8 Å².